The Kier molecular flexibility index (Phi) is 7.87. The topological polar surface area (TPSA) is 64.3 Å². The van der Waals surface area contributed by atoms with Gasteiger partial charge in [0.1, 0.15) is 0 Å². The van der Waals surface area contributed by atoms with Gasteiger partial charge in [-0.25, -0.2) is 0 Å². The van der Waals surface area contributed by atoms with Crippen molar-refractivity contribution in [2.24, 2.45) is 11.7 Å². The van der Waals surface area contributed by atoms with Crippen LogP contribution < -0.4 is 11.1 Å². The third-order valence-electron chi connectivity index (χ3n) is 3.98. The highest BCUT2D eigenvalue weighted by Crippen LogP contribution is 2.26. The molecule has 5 heteroatoms. The van der Waals surface area contributed by atoms with Crippen molar-refractivity contribution in [3.63, 3.8) is 0 Å². The molecule has 0 aliphatic heterocycles. The SMILES string of the molecule is CC1CCCC(OCc2cccc(NC(=O)[C@H](C)N)c2)C1.Cl. The van der Waals surface area contributed by atoms with Crippen LogP contribution in [0, 0.1) is 5.92 Å². The van der Waals surface area contributed by atoms with Gasteiger partial charge in [-0.1, -0.05) is 31.9 Å². The Hall–Kier alpha value is -1.10. The van der Waals surface area contributed by atoms with E-state index in [0.717, 1.165) is 30.0 Å². The summed E-state index contributed by atoms with van der Waals surface area (Å²) >= 11 is 0. The zero-order valence-electron chi connectivity index (χ0n) is 13.4. The molecule has 1 saturated carbocycles. The van der Waals surface area contributed by atoms with E-state index >= 15 is 0 Å². The number of nitrogens with two attached hydrogens (primary N) is 1. The van der Waals surface area contributed by atoms with Gasteiger partial charge >= 0.3 is 0 Å². The predicted molar refractivity (Wildman–Crippen MR) is 92.2 cm³/mol. The lowest BCUT2D eigenvalue weighted by atomic mass is 9.89. The van der Waals surface area contributed by atoms with Crippen molar-refractivity contribution in [1.82, 2.24) is 0 Å². The highest BCUT2D eigenvalue weighted by atomic mass is 35.5. The molecule has 0 spiro atoms. The standard InChI is InChI=1S/C17H26N2O2.ClH/c1-12-5-3-8-16(9-12)21-11-14-6-4-7-15(10-14)19-17(20)13(2)18;/h4,6-7,10,12-13,16H,3,5,8-9,11,18H2,1-2H3,(H,19,20);1H/t12?,13-,16?;/m0./s1. The van der Waals surface area contributed by atoms with Crippen molar-refractivity contribution in [1.29, 1.82) is 0 Å². The average molecular weight is 327 g/mol. The monoisotopic (exact) mass is 326 g/mol. The third kappa shape index (κ3) is 5.95. The van der Waals surface area contributed by atoms with E-state index in [2.05, 4.69) is 12.2 Å². The Morgan fingerprint density at radius 3 is 2.91 bits per heavy atom. The van der Waals surface area contributed by atoms with E-state index in [1.807, 2.05) is 24.3 Å². The normalized spacial score (nSPS) is 22.5. The molecular weight excluding hydrogens is 300 g/mol. The van der Waals surface area contributed by atoms with Gasteiger partial charge in [-0.2, -0.15) is 0 Å². The molecule has 2 unspecified atom stereocenters. The zero-order valence-corrected chi connectivity index (χ0v) is 14.2. The molecular formula is C17H27ClN2O2. The van der Waals surface area contributed by atoms with Gasteiger partial charge in [-0.3, -0.25) is 4.79 Å². The van der Waals surface area contributed by atoms with Crippen LogP contribution in [0.4, 0.5) is 5.69 Å². The summed E-state index contributed by atoms with van der Waals surface area (Å²) in [6.07, 6.45) is 5.26. The van der Waals surface area contributed by atoms with Crippen molar-refractivity contribution in [2.75, 3.05) is 5.32 Å². The maximum absolute atomic E-state index is 11.6. The first-order valence-electron chi connectivity index (χ1n) is 7.81. The van der Waals surface area contributed by atoms with Gasteiger partial charge in [0.05, 0.1) is 18.8 Å². The van der Waals surface area contributed by atoms with Crippen molar-refractivity contribution < 1.29 is 9.53 Å². The lowest BCUT2D eigenvalue weighted by Crippen LogP contribution is -2.32. The smallest absolute Gasteiger partial charge is 0.240 e. The number of carbonyl (C=O) groups excluding carboxylic acids is 1. The number of hydrogen-bond acceptors (Lipinski definition) is 3. The maximum atomic E-state index is 11.6. The predicted octanol–water partition coefficient (Wildman–Crippen LogP) is 3.49. The summed E-state index contributed by atoms with van der Waals surface area (Å²) in [5.74, 6) is 0.592. The van der Waals surface area contributed by atoms with Crippen LogP contribution in [-0.2, 0) is 16.1 Å². The summed E-state index contributed by atoms with van der Waals surface area (Å²) in [5, 5.41) is 2.81. The van der Waals surface area contributed by atoms with Crippen LogP contribution in [0.1, 0.15) is 45.1 Å². The highest BCUT2D eigenvalue weighted by molar-refractivity contribution is 5.94. The summed E-state index contributed by atoms with van der Waals surface area (Å²) in [7, 11) is 0. The molecule has 4 nitrogen and oxygen atoms in total. The van der Waals surface area contributed by atoms with Gasteiger partial charge < -0.3 is 15.8 Å². The van der Waals surface area contributed by atoms with E-state index in [-0.39, 0.29) is 18.3 Å². The van der Waals surface area contributed by atoms with Crippen LogP contribution in [0.2, 0.25) is 0 Å². The molecule has 0 aromatic heterocycles. The Bertz CT molecular complexity index is 479. The van der Waals surface area contributed by atoms with Crippen molar-refractivity contribution in [3.8, 4) is 0 Å². The number of benzene rings is 1. The summed E-state index contributed by atoms with van der Waals surface area (Å²) in [6, 6.07) is 7.26. The number of halogens is 1. The molecule has 22 heavy (non-hydrogen) atoms. The molecule has 1 aromatic rings. The van der Waals surface area contributed by atoms with Gasteiger partial charge in [-0.05, 0) is 43.4 Å². The number of anilines is 1. The van der Waals surface area contributed by atoms with Gasteiger partial charge in [0.25, 0.3) is 0 Å². The minimum Gasteiger partial charge on any atom is -0.374 e. The minimum atomic E-state index is -0.506. The summed E-state index contributed by atoms with van der Waals surface area (Å²) in [6.45, 7) is 4.56. The zero-order chi connectivity index (χ0) is 15.2. The molecule has 0 radical (unpaired) electrons. The molecule has 2 rings (SSSR count). The van der Waals surface area contributed by atoms with E-state index in [9.17, 15) is 4.79 Å². The number of amides is 1. The van der Waals surface area contributed by atoms with E-state index < -0.39 is 6.04 Å². The molecule has 1 aliphatic carbocycles. The molecule has 1 amide bonds. The Labute approximate surface area is 139 Å². The summed E-state index contributed by atoms with van der Waals surface area (Å²) < 4.78 is 6.01. The lowest BCUT2D eigenvalue weighted by molar-refractivity contribution is -0.117. The summed E-state index contributed by atoms with van der Waals surface area (Å²) in [4.78, 5) is 11.6. The Morgan fingerprint density at radius 2 is 2.23 bits per heavy atom. The van der Waals surface area contributed by atoms with Crippen LogP contribution in [0.3, 0.4) is 0 Å². The molecule has 1 aromatic carbocycles. The lowest BCUT2D eigenvalue weighted by Gasteiger charge is -2.26. The second-order valence-corrected chi connectivity index (χ2v) is 6.18. The first-order valence-corrected chi connectivity index (χ1v) is 7.81. The second-order valence-electron chi connectivity index (χ2n) is 6.18. The van der Waals surface area contributed by atoms with Crippen LogP contribution in [-0.4, -0.2) is 18.1 Å². The quantitative estimate of drug-likeness (QED) is 0.870. The van der Waals surface area contributed by atoms with Crippen molar-refractivity contribution in [2.45, 2.75) is 58.3 Å². The fourth-order valence-corrected chi connectivity index (χ4v) is 2.74. The molecule has 1 aliphatic rings. The molecule has 124 valence electrons. The van der Waals surface area contributed by atoms with Gasteiger partial charge in [0.15, 0.2) is 0 Å². The van der Waals surface area contributed by atoms with Gasteiger partial charge in [0.2, 0.25) is 5.91 Å². The number of nitrogens with one attached hydrogen (secondary N) is 1. The molecule has 3 atom stereocenters. The highest BCUT2D eigenvalue weighted by Gasteiger charge is 2.19. The molecule has 0 bridgehead atoms. The first kappa shape index (κ1) is 18.9. The fraction of sp³-hybridized carbons (Fsp3) is 0.588. The Balaban J connectivity index is 0.00000242. The van der Waals surface area contributed by atoms with Crippen molar-refractivity contribution in [3.05, 3.63) is 29.8 Å². The molecule has 3 N–H and O–H groups in total. The molecule has 0 heterocycles. The summed E-state index contributed by atoms with van der Waals surface area (Å²) in [5.41, 5.74) is 7.41. The van der Waals surface area contributed by atoms with E-state index in [0.29, 0.717) is 12.7 Å². The maximum Gasteiger partial charge on any atom is 0.240 e. The molecule has 0 saturated heterocycles. The van der Waals surface area contributed by atoms with Gasteiger partial charge in [0, 0.05) is 5.69 Å². The van der Waals surface area contributed by atoms with Crippen LogP contribution in [0.25, 0.3) is 0 Å². The van der Waals surface area contributed by atoms with E-state index in [1.54, 1.807) is 6.92 Å². The van der Waals surface area contributed by atoms with Crippen molar-refractivity contribution >= 4 is 24.0 Å². The van der Waals surface area contributed by atoms with E-state index in [4.69, 9.17) is 10.5 Å². The number of rotatable bonds is 5. The van der Waals surface area contributed by atoms with Crippen LogP contribution in [0.15, 0.2) is 24.3 Å². The fourth-order valence-electron chi connectivity index (χ4n) is 2.74. The third-order valence-corrected chi connectivity index (χ3v) is 3.98. The second kappa shape index (κ2) is 9.13. The largest absolute Gasteiger partial charge is 0.374 e. The molecule has 1 fully saturated rings. The number of hydrogen-bond donors (Lipinski definition) is 2. The minimum absolute atomic E-state index is 0. The van der Waals surface area contributed by atoms with Crippen LogP contribution >= 0.6 is 12.4 Å². The van der Waals surface area contributed by atoms with Gasteiger partial charge in [-0.15, -0.1) is 12.4 Å². The first-order chi connectivity index (χ1) is 10.0. The van der Waals surface area contributed by atoms with E-state index in [1.165, 1.54) is 12.8 Å². The number of carbonyl (C=O) groups is 1. The average Bonchev–Trinajstić information content (AvgIpc) is 2.45. The van der Waals surface area contributed by atoms with Crippen LogP contribution in [0.5, 0.6) is 0 Å². The Morgan fingerprint density at radius 1 is 1.45 bits per heavy atom. The number of ether oxygens (including phenoxy) is 1.